The minimum absolute atomic E-state index is 0.174. The molecule has 0 aliphatic rings. The molecule has 0 aliphatic carbocycles. The van der Waals surface area contributed by atoms with Crippen molar-refractivity contribution in [2.45, 2.75) is 59.4 Å². The molecule has 0 aromatic heterocycles. The van der Waals surface area contributed by atoms with E-state index in [0.29, 0.717) is 36.8 Å². The summed E-state index contributed by atoms with van der Waals surface area (Å²) in [7, 11) is 4.16. The fourth-order valence-electron chi connectivity index (χ4n) is 2.68. The summed E-state index contributed by atoms with van der Waals surface area (Å²) in [5, 5.41) is 3.09. The van der Waals surface area contributed by atoms with Crippen LogP contribution in [0.3, 0.4) is 0 Å². The van der Waals surface area contributed by atoms with Gasteiger partial charge in [-0.15, -0.1) is 0 Å². The number of rotatable bonds is 11. The average molecular weight is 300 g/mol. The van der Waals surface area contributed by atoms with E-state index in [9.17, 15) is 4.79 Å². The maximum absolute atomic E-state index is 12.0. The zero-order valence-electron chi connectivity index (χ0n) is 15.0. The molecule has 3 N–H and O–H groups in total. The van der Waals surface area contributed by atoms with Gasteiger partial charge in [0.2, 0.25) is 5.91 Å². The van der Waals surface area contributed by atoms with Crippen molar-refractivity contribution in [3.8, 4) is 0 Å². The lowest BCUT2D eigenvalue weighted by Crippen LogP contribution is -2.41. The predicted molar refractivity (Wildman–Crippen MR) is 91.2 cm³/mol. The van der Waals surface area contributed by atoms with Crippen LogP contribution in [0.5, 0.6) is 0 Å². The van der Waals surface area contributed by atoms with Crippen LogP contribution in [0.1, 0.15) is 53.4 Å². The molecule has 0 aromatic rings. The molecule has 126 valence electrons. The lowest BCUT2D eigenvalue weighted by molar-refractivity contribution is -0.121. The molecule has 2 atom stereocenters. The van der Waals surface area contributed by atoms with Gasteiger partial charge in [0.1, 0.15) is 0 Å². The smallest absolute Gasteiger partial charge is 0.220 e. The standard InChI is InChI=1S/C17H37N3O/c1-13(2)11-16(20(5)6)12-19-17(21)8-7-15(9-10-18)14(3)4/h13-16H,7-12,18H2,1-6H3,(H,19,21). The topological polar surface area (TPSA) is 58.4 Å². The maximum atomic E-state index is 12.0. The van der Waals surface area contributed by atoms with E-state index in [1.807, 2.05) is 0 Å². The molecule has 4 heteroatoms. The van der Waals surface area contributed by atoms with E-state index in [-0.39, 0.29) is 5.91 Å². The van der Waals surface area contributed by atoms with Crippen molar-refractivity contribution in [1.82, 2.24) is 10.2 Å². The second kappa shape index (κ2) is 11.0. The van der Waals surface area contributed by atoms with Crippen LogP contribution in [0.2, 0.25) is 0 Å². The van der Waals surface area contributed by atoms with E-state index < -0.39 is 0 Å². The summed E-state index contributed by atoms with van der Waals surface area (Å²) >= 11 is 0. The monoisotopic (exact) mass is 299 g/mol. The van der Waals surface area contributed by atoms with Gasteiger partial charge in [0.25, 0.3) is 0 Å². The highest BCUT2D eigenvalue weighted by molar-refractivity contribution is 5.75. The van der Waals surface area contributed by atoms with Gasteiger partial charge in [-0.2, -0.15) is 0 Å². The molecule has 0 rings (SSSR count). The molecule has 1 amide bonds. The normalized spacial score (nSPS) is 14.8. The van der Waals surface area contributed by atoms with Crippen LogP contribution in [0.25, 0.3) is 0 Å². The van der Waals surface area contributed by atoms with Crippen molar-refractivity contribution >= 4 is 5.91 Å². The third kappa shape index (κ3) is 9.86. The Labute approximate surface area is 131 Å². The van der Waals surface area contributed by atoms with Gasteiger partial charge in [-0.25, -0.2) is 0 Å². The quantitative estimate of drug-likeness (QED) is 0.616. The molecule has 4 nitrogen and oxygen atoms in total. The maximum Gasteiger partial charge on any atom is 0.220 e. The highest BCUT2D eigenvalue weighted by atomic mass is 16.1. The minimum atomic E-state index is 0.174. The predicted octanol–water partition coefficient (Wildman–Crippen LogP) is 2.48. The second-order valence-corrected chi connectivity index (χ2v) is 7.17. The Bertz CT molecular complexity index is 277. The van der Waals surface area contributed by atoms with Crippen molar-refractivity contribution in [1.29, 1.82) is 0 Å². The lowest BCUT2D eigenvalue weighted by Gasteiger charge is -2.26. The summed E-state index contributed by atoms with van der Waals surface area (Å²) in [5.74, 6) is 1.97. The first-order valence-corrected chi connectivity index (χ1v) is 8.41. The van der Waals surface area contributed by atoms with Crippen LogP contribution in [-0.2, 0) is 4.79 Å². The number of nitrogens with two attached hydrogens (primary N) is 1. The second-order valence-electron chi connectivity index (χ2n) is 7.17. The molecule has 0 fully saturated rings. The number of nitrogens with one attached hydrogen (secondary N) is 1. The fourth-order valence-corrected chi connectivity index (χ4v) is 2.68. The molecular weight excluding hydrogens is 262 g/mol. The summed E-state index contributed by atoms with van der Waals surface area (Å²) in [5.41, 5.74) is 5.65. The summed E-state index contributed by atoms with van der Waals surface area (Å²) in [4.78, 5) is 14.2. The van der Waals surface area contributed by atoms with Crippen LogP contribution in [-0.4, -0.2) is 44.0 Å². The van der Waals surface area contributed by atoms with Gasteiger partial charge in [-0.3, -0.25) is 4.79 Å². The van der Waals surface area contributed by atoms with E-state index in [0.717, 1.165) is 25.8 Å². The number of hydrogen-bond acceptors (Lipinski definition) is 3. The van der Waals surface area contributed by atoms with Crippen LogP contribution in [0.15, 0.2) is 0 Å². The third-order valence-corrected chi connectivity index (χ3v) is 4.23. The summed E-state index contributed by atoms with van der Waals surface area (Å²) in [6.45, 7) is 10.3. The van der Waals surface area contributed by atoms with Crippen LogP contribution >= 0.6 is 0 Å². The highest BCUT2D eigenvalue weighted by Crippen LogP contribution is 2.20. The van der Waals surface area contributed by atoms with Gasteiger partial charge < -0.3 is 16.0 Å². The molecule has 0 saturated carbocycles. The number of carbonyl (C=O) groups is 1. The first-order chi connectivity index (χ1) is 9.77. The molecule has 21 heavy (non-hydrogen) atoms. The largest absolute Gasteiger partial charge is 0.355 e. The molecule has 0 aliphatic heterocycles. The van der Waals surface area contributed by atoms with Gasteiger partial charge in [-0.05, 0) is 57.7 Å². The SMILES string of the molecule is CC(C)CC(CNC(=O)CCC(CCN)C(C)C)N(C)C. The zero-order valence-corrected chi connectivity index (χ0v) is 15.0. The number of likely N-dealkylation sites (N-methyl/N-ethyl adjacent to an activating group) is 1. The Morgan fingerprint density at radius 1 is 1.14 bits per heavy atom. The molecule has 0 heterocycles. The Balaban J connectivity index is 4.12. The van der Waals surface area contributed by atoms with E-state index >= 15 is 0 Å². The van der Waals surface area contributed by atoms with Crippen molar-refractivity contribution in [3.05, 3.63) is 0 Å². The first kappa shape index (κ1) is 20.4. The Morgan fingerprint density at radius 3 is 2.19 bits per heavy atom. The average Bonchev–Trinajstić information content (AvgIpc) is 2.38. The Hall–Kier alpha value is -0.610. The van der Waals surface area contributed by atoms with E-state index in [4.69, 9.17) is 5.73 Å². The summed E-state index contributed by atoms with van der Waals surface area (Å²) in [6.07, 6.45) is 3.68. The molecule has 0 radical (unpaired) electrons. The number of amides is 1. The van der Waals surface area contributed by atoms with E-state index in [1.54, 1.807) is 0 Å². The fraction of sp³-hybridized carbons (Fsp3) is 0.941. The van der Waals surface area contributed by atoms with Crippen molar-refractivity contribution in [2.24, 2.45) is 23.5 Å². The molecule has 0 bridgehead atoms. The van der Waals surface area contributed by atoms with Crippen LogP contribution in [0, 0.1) is 17.8 Å². The molecule has 0 aromatic carbocycles. The van der Waals surface area contributed by atoms with Gasteiger partial charge in [0, 0.05) is 19.0 Å². The van der Waals surface area contributed by atoms with Crippen molar-refractivity contribution < 1.29 is 4.79 Å². The Kier molecular flexibility index (Phi) is 10.7. The first-order valence-electron chi connectivity index (χ1n) is 8.41. The highest BCUT2D eigenvalue weighted by Gasteiger charge is 2.17. The number of carbonyl (C=O) groups excluding carboxylic acids is 1. The minimum Gasteiger partial charge on any atom is -0.355 e. The van der Waals surface area contributed by atoms with Gasteiger partial charge in [-0.1, -0.05) is 27.7 Å². The molecule has 2 unspecified atom stereocenters. The van der Waals surface area contributed by atoms with E-state index in [1.165, 1.54) is 0 Å². The van der Waals surface area contributed by atoms with Crippen LogP contribution in [0.4, 0.5) is 0 Å². The lowest BCUT2D eigenvalue weighted by atomic mass is 9.88. The summed E-state index contributed by atoms with van der Waals surface area (Å²) < 4.78 is 0. The van der Waals surface area contributed by atoms with Crippen LogP contribution < -0.4 is 11.1 Å². The molecular formula is C17H37N3O. The van der Waals surface area contributed by atoms with Gasteiger partial charge >= 0.3 is 0 Å². The van der Waals surface area contributed by atoms with E-state index in [2.05, 4.69) is 52.0 Å². The van der Waals surface area contributed by atoms with Crippen molar-refractivity contribution in [3.63, 3.8) is 0 Å². The summed E-state index contributed by atoms with van der Waals surface area (Å²) in [6, 6.07) is 0.416. The Morgan fingerprint density at radius 2 is 1.76 bits per heavy atom. The molecule has 0 saturated heterocycles. The molecule has 0 spiro atoms. The van der Waals surface area contributed by atoms with Gasteiger partial charge in [0.05, 0.1) is 0 Å². The third-order valence-electron chi connectivity index (χ3n) is 4.23. The number of nitrogens with zero attached hydrogens (tertiary/aromatic N) is 1. The zero-order chi connectivity index (χ0) is 16.4. The van der Waals surface area contributed by atoms with Gasteiger partial charge in [0.15, 0.2) is 0 Å². The van der Waals surface area contributed by atoms with Crippen molar-refractivity contribution in [2.75, 3.05) is 27.2 Å². The number of hydrogen-bond donors (Lipinski definition) is 2.